The summed E-state index contributed by atoms with van der Waals surface area (Å²) in [5.41, 5.74) is 2.52. The van der Waals surface area contributed by atoms with Gasteiger partial charge in [0.2, 0.25) is 11.8 Å². The summed E-state index contributed by atoms with van der Waals surface area (Å²) >= 11 is 0. The highest BCUT2D eigenvalue weighted by Gasteiger charge is 2.28. The van der Waals surface area contributed by atoms with E-state index in [9.17, 15) is 0 Å². The molecule has 3 rings (SSSR count). The molecule has 130 valence electrons. The molecule has 0 aliphatic carbocycles. The van der Waals surface area contributed by atoms with Crippen molar-refractivity contribution in [3.05, 3.63) is 24.4 Å². The molecule has 1 N–H and O–H groups in total. The van der Waals surface area contributed by atoms with Gasteiger partial charge in [0, 0.05) is 37.3 Å². The summed E-state index contributed by atoms with van der Waals surface area (Å²) < 4.78 is 11.5. The number of nitrogens with zero attached hydrogens (tertiary/aromatic N) is 3. The van der Waals surface area contributed by atoms with Gasteiger partial charge in [0.15, 0.2) is 0 Å². The van der Waals surface area contributed by atoms with Crippen molar-refractivity contribution in [1.29, 1.82) is 0 Å². The molecule has 6 nitrogen and oxygen atoms in total. The van der Waals surface area contributed by atoms with Crippen LogP contribution in [0.1, 0.15) is 39.2 Å². The number of anilines is 1. The quantitative estimate of drug-likeness (QED) is 0.903. The van der Waals surface area contributed by atoms with Gasteiger partial charge in [-0.1, -0.05) is 6.58 Å². The topological polar surface area (TPSA) is 59.0 Å². The Morgan fingerprint density at radius 1 is 1.38 bits per heavy atom. The van der Waals surface area contributed by atoms with Crippen molar-refractivity contribution in [2.24, 2.45) is 4.99 Å². The number of pyridine rings is 1. The Labute approximate surface area is 143 Å². The summed E-state index contributed by atoms with van der Waals surface area (Å²) in [6.45, 7) is 11.9. The van der Waals surface area contributed by atoms with Crippen LogP contribution in [0.25, 0.3) is 5.70 Å². The molecule has 1 fully saturated rings. The molecule has 0 spiro atoms. The van der Waals surface area contributed by atoms with Crippen molar-refractivity contribution >= 4 is 17.3 Å². The maximum Gasteiger partial charge on any atom is 0.238 e. The van der Waals surface area contributed by atoms with Crippen molar-refractivity contribution < 1.29 is 9.47 Å². The fraction of sp³-hybridized carbons (Fsp3) is 0.556. The molecule has 2 aliphatic rings. The van der Waals surface area contributed by atoms with E-state index < -0.39 is 0 Å². The van der Waals surface area contributed by atoms with Crippen LogP contribution in [-0.4, -0.2) is 47.7 Å². The van der Waals surface area contributed by atoms with E-state index in [2.05, 4.69) is 37.7 Å². The molecule has 24 heavy (non-hydrogen) atoms. The Bertz CT molecular complexity index is 657. The third-order valence-corrected chi connectivity index (χ3v) is 4.07. The van der Waals surface area contributed by atoms with Gasteiger partial charge < -0.3 is 19.7 Å². The number of aliphatic imine (C=N–C) groups is 1. The minimum atomic E-state index is -0.196. The number of guanidine groups is 1. The van der Waals surface area contributed by atoms with Gasteiger partial charge in [-0.15, -0.1) is 0 Å². The number of rotatable bonds is 2. The molecule has 0 saturated carbocycles. The number of fused-ring (bicyclic) bond motifs is 1. The van der Waals surface area contributed by atoms with E-state index in [1.54, 1.807) is 6.20 Å². The van der Waals surface area contributed by atoms with Crippen molar-refractivity contribution in [1.82, 2.24) is 9.88 Å². The molecule has 0 bridgehead atoms. The highest BCUT2D eigenvalue weighted by molar-refractivity contribution is 6.06. The van der Waals surface area contributed by atoms with E-state index >= 15 is 0 Å². The SMILES string of the molecule is C=C1c2ccnc(OC3CCOCC3)c2NC(=NC(C)(C)C)N1C. The zero-order chi connectivity index (χ0) is 17.3. The Hall–Kier alpha value is -2.08. The van der Waals surface area contributed by atoms with Crippen LogP contribution in [0, 0.1) is 0 Å². The first-order valence-corrected chi connectivity index (χ1v) is 8.38. The molecule has 0 atom stereocenters. The fourth-order valence-electron chi connectivity index (χ4n) is 2.77. The third kappa shape index (κ3) is 3.53. The Kier molecular flexibility index (Phi) is 4.49. The van der Waals surface area contributed by atoms with Crippen molar-refractivity contribution in [2.75, 3.05) is 25.6 Å². The summed E-state index contributed by atoms with van der Waals surface area (Å²) in [6, 6.07) is 1.95. The first-order valence-electron chi connectivity index (χ1n) is 8.38. The molecule has 0 amide bonds. The third-order valence-electron chi connectivity index (χ3n) is 4.07. The van der Waals surface area contributed by atoms with Crippen LogP contribution in [0.4, 0.5) is 5.69 Å². The molecular formula is C18H26N4O2. The normalized spacial score (nSPS) is 20.8. The highest BCUT2D eigenvalue weighted by atomic mass is 16.5. The molecule has 1 aromatic heterocycles. The van der Waals surface area contributed by atoms with Crippen LogP contribution in [0.2, 0.25) is 0 Å². The second-order valence-corrected chi connectivity index (χ2v) is 7.21. The van der Waals surface area contributed by atoms with Gasteiger partial charge in [-0.2, -0.15) is 0 Å². The predicted octanol–water partition coefficient (Wildman–Crippen LogP) is 3.12. The summed E-state index contributed by atoms with van der Waals surface area (Å²) in [4.78, 5) is 11.2. The van der Waals surface area contributed by atoms with Crippen LogP contribution in [0.15, 0.2) is 23.8 Å². The van der Waals surface area contributed by atoms with Gasteiger partial charge in [-0.3, -0.25) is 0 Å². The molecule has 0 radical (unpaired) electrons. The van der Waals surface area contributed by atoms with E-state index in [1.165, 1.54) is 0 Å². The fourth-order valence-corrected chi connectivity index (χ4v) is 2.77. The summed E-state index contributed by atoms with van der Waals surface area (Å²) in [7, 11) is 1.96. The van der Waals surface area contributed by atoms with Gasteiger partial charge in [0.25, 0.3) is 0 Å². The molecule has 0 aromatic carbocycles. The van der Waals surface area contributed by atoms with Gasteiger partial charge in [0.05, 0.1) is 18.8 Å². The smallest absolute Gasteiger partial charge is 0.238 e. The number of hydrogen-bond donors (Lipinski definition) is 1. The number of nitrogens with one attached hydrogen (secondary N) is 1. The average molecular weight is 330 g/mol. The standard InChI is InChI=1S/C18H26N4O2/c1-12-14-6-9-19-16(24-13-7-10-23-11-8-13)15(14)20-17(22(12)5)21-18(2,3)4/h6,9,13H,1,7-8,10-11H2,2-5H3,(H,20,21). The van der Waals surface area contributed by atoms with Crippen LogP contribution in [0.5, 0.6) is 5.88 Å². The molecular weight excluding hydrogens is 304 g/mol. The van der Waals surface area contributed by atoms with Gasteiger partial charge in [-0.25, -0.2) is 9.98 Å². The lowest BCUT2D eigenvalue weighted by Gasteiger charge is -2.34. The predicted molar refractivity (Wildman–Crippen MR) is 96.3 cm³/mol. The second-order valence-electron chi connectivity index (χ2n) is 7.21. The molecule has 2 aliphatic heterocycles. The van der Waals surface area contributed by atoms with E-state index in [-0.39, 0.29) is 11.6 Å². The van der Waals surface area contributed by atoms with Crippen LogP contribution >= 0.6 is 0 Å². The van der Waals surface area contributed by atoms with Gasteiger partial charge >= 0.3 is 0 Å². The monoisotopic (exact) mass is 330 g/mol. The lowest BCUT2D eigenvalue weighted by Crippen LogP contribution is -2.38. The molecule has 0 unspecified atom stereocenters. The van der Waals surface area contributed by atoms with Crippen LogP contribution in [0.3, 0.4) is 0 Å². The lowest BCUT2D eigenvalue weighted by atomic mass is 10.1. The number of ether oxygens (including phenoxy) is 2. The van der Waals surface area contributed by atoms with E-state index in [0.29, 0.717) is 5.88 Å². The van der Waals surface area contributed by atoms with Gasteiger partial charge in [-0.05, 0) is 26.8 Å². The van der Waals surface area contributed by atoms with E-state index in [4.69, 9.17) is 14.5 Å². The Morgan fingerprint density at radius 3 is 2.75 bits per heavy atom. The zero-order valence-electron chi connectivity index (χ0n) is 14.9. The minimum Gasteiger partial charge on any atom is -0.473 e. The Balaban J connectivity index is 1.93. The van der Waals surface area contributed by atoms with E-state index in [0.717, 1.165) is 49.0 Å². The van der Waals surface area contributed by atoms with Gasteiger partial charge in [0.1, 0.15) is 11.8 Å². The van der Waals surface area contributed by atoms with E-state index in [1.807, 2.05) is 18.0 Å². The lowest BCUT2D eigenvalue weighted by molar-refractivity contribution is 0.0240. The first-order chi connectivity index (χ1) is 11.3. The van der Waals surface area contributed by atoms with Crippen LogP contribution in [-0.2, 0) is 4.74 Å². The highest BCUT2D eigenvalue weighted by Crippen LogP contribution is 2.37. The second kappa shape index (κ2) is 6.43. The maximum absolute atomic E-state index is 6.15. The maximum atomic E-state index is 6.15. The largest absolute Gasteiger partial charge is 0.473 e. The summed E-state index contributed by atoms with van der Waals surface area (Å²) in [5.74, 6) is 1.36. The number of hydrogen-bond acceptors (Lipinski definition) is 4. The Morgan fingerprint density at radius 2 is 2.08 bits per heavy atom. The van der Waals surface area contributed by atoms with Crippen molar-refractivity contribution in [3.63, 3.8) is 0 Å². The first kappa shape index (κ1) is 16.8. The average Bonchev–Trinajstić information content (AvgIpc) is 2.53. The van der Waals surface area contributed by atoms with Crippen molar-refractivity contribution in [3.8, 4) is 5.88 Å². The molecule has 3 heterocycles. The summed E-state index contributed by atoms with van der Waals surface area (Å²) in [6.07, 6.45) is 3.67. The van der Waals surface area contributed by atoms with Crippen LogP contribution < -0.4 is 10.1 Å². The van der Waals surface area contributed by atoms with Crippen molar-refractivity contribution in [2.45, 2.75) is 45.3 Å². The zero-order valence-corrected chi connectivity index (χ0v) is 14.9. The summed E-state index contributed by atoms with van der Waals surface area (Å²) in [5, 5.41) is 3.39. The molecule has 1 aromatic rings. The minimum absolute atomic E-state index is 0.135. The number of aromatic nitrogens is 1. The molecule has 1 saturated heterocycles. The molecule has 6 heteroatoms.